The molecule has 1 aliphatic heterocycles. The summed E-state index contributed by atoms with van der Waals surface area (Å²) < 4.78 is 0. The maximum absolute atomic E-state index is 8.10. The van der Waals surface area contributed by atoms with Gasteiger partial charge in [-0.2, -0.15) is 5.26 Å². The lowest BCUT2D eigenvalue weighted by Gasteiger charge is -1.73. The molecule has 0 N–H and O–H groups in total. The van der Waals surface area contributed by atoms with Crippen LogP contribution in [0.2, 0.25) is 0 Å². The first-order valence-electron chi connectivity index (χ1n) is 2.23. The monoisotopic (exact) mass is 104 g/mol. The summed E-state index contributed by atoms with van der Waals surface area (Å²) in [5.41, 5.74) is 0.868. The normalized spacial score (nSPS) is 19.6. The van der Waals surface area contributed by atoms with Crippen LogP contribution in [0.15, 0.2) is 28.9 Å². The van der Waals surface area contributed by atoms with Crippen LogP contribution in [-0.2, 0) is 0 Å². The first kappa shape index (κ1) is 4.79. The Hall–Kier alpha value is -1.36. The molecule has 1 heterocycles. The molecule has 0 radical (unpaired) electrons. The summed E-state index contributed by atoms with van der Waals surface area (Å²) in [7, 11) is 0. The van der Waals surface area contributed by atoms with Gasteiger partial charge in [0, 0.05) is 24.1 Å². The Bertz CT molecular complexity index is 189. The van der Waals surface area contributed by atoms with E-state index in [1.165, 1.54) is 6.08 Å². The van der Waals surface area contributed by atoms with Crippen LogP contribution < -0.4 is 0 Å². The van der Waals surface area contributed by atoms with Crippen molar-refractivity contribution in [2.75, 3.05) is 0 Å². The molecule has 1 rings (SSSR count). The third-order valence-electron chi connectivity index (χ3n) is 0.808. The summed E-state index contributed by atoms with van der Waals surface area (Å²) in [6.45, 7) is 0. The van der Waals surface area contributed by atoms with Crippen LogP contribution in [0.1, 0.15) is 0 Å². The van der Waals surface area contributed by atoms with E-state index in [-0.39, 0.29) is 0 Å². The zero-order valence-corrected chi connectivity index (χ0v) is 4.20. The molecule has 0 amide bonds. The van der Waals surface area contributed by atoms with E-state index in [0.717, 1.165) is 5.57 Å². The molecule has 1 aliphatic rings. The number of nitrogens with zero attached hydrogens (tertiary/aromatic N) is 2. The maximum Gasteiger partial charge on any atom is 0.0918 e. The molecule has 0 aliphatic carbocycles. The smallest absolute Gasteiger partial charge is 0.0918 e. The van der Waals surface area contributed by atoms with Crippen molar-refractivity contribution in [3.8, 4) is 6.07 Å². The van der Waals surface area contributed by atoms with Crippen LogP contribution >= 0.6 is 0 Å². The second-order valence-electron chi connectivity index (χ2n) is 1.37. The largest absolute Gasteiger partial charge is 0.264 e. The van der Waals surface area contributed by atoms with Crippen molar-refractivity contribution in [2.24, 2.45) is 4.99 Å². The Kier molecular flexibility index (Phi) is 1.25. The number of rotatable bonds is 0. The number of aliphatic imine (C=N–C) groups is 1. The van der Waals surface area contributed by atoms with Crippen molar-refractivity contribution in [3.63, 3.8) is 0 Å². The molecule has 0 unspecified atom stereocenters. The van der Waals surface area contributed by atoms with Crippen LogP contribution in [0.25, 0.3) is 0 Å². The van der Waals surface area contributed by atoms with Gasteiger partial charge in [-0.25, -0.2) is 0 Å². The Labute approximate surface area is 47.5 Å². The van der Waals surface area contributed by atoms with Crippen molar-refractivity contribution < 1.29 is 0 Å². The molecule has 0 spiro atoms. The average molecular weight is 104 g/mol. The summed E-state index contributed by atoms with van der Waals surface area (Å²) in [4.78, 5) is 3.76. The van der Waals surface area contributed by atoms with Crippen LogP contribution in [0.5, 0.6) is 0 Å². The second kappa shape index (κ2) is 2.08. The average Bonchev–Trinajstić information content (AvgIpc) is 2.19. The lowest BCUT2D eigenvalue weighted by Crippen LogP contribution is -1.69. The summed E-state index contributed by atoms with van der Waals surface area (Å²) >= 11 is 0. The molecule has 0 fully saturated rings. The fourth-order valence-electron chi connectivity index (χ4n) is 0.461. The zero-order chi connectivity index (χ0) is 5.82. The van der Waals surface area contributed by atoms with Crippen molar-refractivity contribution >= 4 is 6.21 Å². The van der Waals surface area contributed by atoms with Crippen LogP contribution in [0.3, 0.4) is 0 Å². The van der Waals surface area contributed by atoms with Crippen molar-refractivity contribution in [1.82, 2.24) is 0 Å². The summed E-state index contributed by atoms with van der Waals surface area (Å²) in [6, 6.07) is 1.91. The Balaban J connectivity index is 2.79. The summed E-state index contributed by atoms with van der Waals surface area (Å²) in [5, 5.41) is 8.10. The fourth-order valence-corrected chi connectivity index (χ4v) is 0.461. The molecule has 0 bridgehead atoms. The standard InChI is InChI=1S/C6H4N2/c7-3-1-6-2-4-8-5-6/h1-2,4-5H. The van der Waals surface area contributed by atoms with Crippen molar-refractivity contribution in [2.45, 2.75) is 0 Å². The van der Waals surface area contributed by atoms with Crippen LogP contribution in [-0.4, -0.2) is 6.21 Å². The van der Waals surface area contributed by atoms with Gasteiger partial charge in [-0.05, 0) is 6.08 Å². The van der Waals surface area contributed by atoms with Gasteiger partial charge < -0.3 is 0 Å². The van der Waals surface area contributed by atoms with E-state index >= 15 is 0 Å². The van der Waals surface area contributed by atoms with Gasteiger partial charge >= 0.3 is 0 Å². The quantitative estimate of drug-likeness (QED) is 0.423. The molecule has 0 aromatic heterocycles. The minimum absolute atomic E-state index is 0.868. The molecule has 0 saturated carbocycles. The Morgan fingerprint density at radius 1 is 1.75 bits per heavy atom. The van der Waals surface area contributed by atoms with Gasteiger partial charge in [0.15, 0.2) is 0 Å². The van der Waals surface area contributed by atoms with Gasteiger partial charge in [0.2, 0.25) is 0 Å². The van der Waals surface area contributed by atoms with E-state index in [2.05, 4.69) is 4.99 Å². The highest BCUT2D eigenvalue weighted by Gasteiger charge is 1.88. The van der Waals surface area contributed by atoms with Gasteiger partial charge in [-0.15, -0.1) is 0 Å². The first-order chi connectivity index (χ1) is 3.93. The maximum atomic E-state index is 8.10. The zero-order valence-electron chi connectivity index (χ0n) is 4.20. The summed E-state index contributed by atoms with van der Waals surface area (Å²) in [5.74, 6) is 0. The van der Waals surface area contributed by atoms with Crippen molar-refractivity contribution in [1.29, 1.82) is 5.26 Å². The highest BCUT2D eigenvalue weighted by atomic mass is 14.7. The topological polar surface area (TPSA) is 36.1 Å². The van der Waals surface area contributed by atoms with Crippen LogP contribution in [0, 0.1) is 11.3 Å². The molecular formula is C6H4N2. The molecule has 2 nitrogen and oxygen atoms in total. The van der Waals surface area contributed by atoms with Crippen LogP contribution in [0.4, 0.5) is 0 Å². The molecule has 0 aromatic carbocycles. The van der Waals surface area contributed by atoms with Crippen molar-refractivity contribution in [3.05, 3.63) is 23.9 Å². The fraction of sp³-hybridized carbons (Fsp3) is 0. The SMILES string of the molecule is N#CC=C1C=CN=C1. The predicted molar refractivity (Wildman–Crippen MR) is 31.3 cm³/mol. The highest BCUT2D eigenvalue weighted by molar-refractivity contribution is 5.85. The molecule has 0 atom stereocenters. The predicted octanol–water partition coefficient (Wildman–Crippen LogP) is 1.03. The molecule has 8 heavy (non-hydrogen) atoms. The number of hydrogen-bond acceptors (Lipinski definition) is 2. The first-order valence-corrected chi connectivity index (χ1v) is 2.23. The van der Waals surface area contributed by atoms with Gasteiger partial charge in [0.1, 0.15) is 0 Å². The van der Waals surface area contributed by atoms with E-state index in [4.69, 9.17) is 5.26 Å². The number of nitriles is 1. The highest BCUT2D eigenvalue weighted by Crippen LogP contribution is 1.98. The van der Waals surface area contributed by atoms with E-state index in [1.54, 1.807) is 18.5 Å². The number of hydrogen-bond donors (Lipinski definition) is 0. The van der Waals surface area contributed by atoms with Gasteiger partial charge in [0.05, 0.1) is 6.07 Å². The van der Waals surface area contributed by atoms with Gasteiger partial charge in [0.25, 0.3) is 0 Å². The number of allylic oxidation sites excluding steroid dienone is 3. The van der Waals surface area contributed by atoms with Gasteiger partial charge in [-0.1, -0.05) is 0 Å². The third kappa shape index (κ3) is 0.824. The lowest BCUT2D eigenvalue weighted by molar-refractivity contribution is 1.53. The molecule has 0 aromatic rings. The van der Waals surface area contributed by atoms with E-state index in [1.807, 2.05) is 6.07 Å². The minimum Gasteiger partial charge on any atom is -0.264 e. The van der Waals surface area contributed by atoms with E-state index in [9.17, 15) is 0 Å². The molecular weight excluding hydrogens is 100 g/mol. The lowest BCUT2D eigenvalue weighted by atomic mass is 10.3. The third-order valence-corrected chi connectivity index (χ3v) is 0.808. The molecule has 2 heteroatoms. The van der Waals surface area contributed by atoms with E-state index in [0.29, 0.717) is 0 Å². The summed E-state index contributed by atoms with van der Waals surface area (Å²) in [6.07, 6.45) is 6.53. The molecule has 0 saturated heterocycles. The van der Waals surface area contributed by atoms with Gasteiger partial charge in [-0.3, -0.25) is 4.99 Å². The van der Waals surface area contributed by atoms with E-state index < -0.39 is 0 Å². The molecule has 38 valence electrons. The second-order valence-corrected chi connectivity index (χ2v) is 1.37. The minimum atomic E-state index is 0.868. The Morgan fingerprint density at radius 3 is 3.12 bits per heavy atom. The Morgan fingerprint density at radius 2 is 2.62 bits per heavy atom.